The van der Waals surface area contributed by atoms with Crippen molar-refractivity contribution in [2.24, 2.45) is 0 Å². The van der Waals surface area contributed by atoms with Crippen LogP contribution in [0.5, 0.6) is 17.2 Å². The molecule has 0 aliphatic rings. The zero-order valence-electron chi connectivity index (χ0n) is 10.00. The van der Waals surface area contributed by atoms with Gasteiger partial charge in [0, 0.05) is 6.54 Å². The van der Waals surface area contributed by atoms with Crippen LogP contribution >= 0.6 is 0 Å². The largest absolute Gasteiger partial charge is 0.508 e. The van der Waals surface area contributed by atoms with Gasteiger partial charge in [-0.3, -0.25) is 4.79 Å². The quantitative estimate of drug-likeness (QED) is 0.632. The molecule has 0 radical (unpaired) electrons. The van der Waals surface area contributed by atoms with Crippen LogP contribution in [0.25, 0.3) is 0 Å². The van der Waals surface area contributed by atoms with Crippen LogP contribution in [0.4, 0.5) is 0 Å². The minimum atomic E-state index is -0.503. The Balaban J connectivity index is 2.07. The Morgan fingerprint density at radius 1 is 1.00 bits per heavy atom. The van der Waals surface area contributed by atoms with E-state index in [0.717, 1.165) is 5.56 Å². The first-order valence-corrected chi connectivity index (χ1v) is 5.64. The van der Waals surface area contributed by atoms with Gasteiger partial charge in [0.05, 0.1) is 5.56 Å². The summed E-state index contributed by atoms with van der Waals surface area (Å²) in [6, 6.07) is 10.2. The molecule has 5 heteroatoms. The number of carbonyl (C=O) groups is 1. The lowest BCUT2D eigenvalue weighted by atomic mass is 10.1. The van der Waals surface area contributed by atoms with E-state index in [2.05, 4.69) is 5.32 Å². The molecule has 0 saturated heterocycles. The maximum atomic E-state index is 11.8. The van der Waals surface area contributed by atoms with E-state index in [1.165, 1.54) is 30.3 Å². The van der Waals surface area contributed by atoms with E-state index < -0.39 is 5.91 Å². The zero-order valence-corrected chi connectivity index (χ0v) is 10.00. The first-order chi connectivity index (χ1) is 9.06. The molecule has 1 amide bonds. The van der Waals surface area contributed by atoms with Crippen LogP contribution in [-0.4, -0.2) is 21.2 Å². The number of carbonyl (C=O) groups excluding carboxylic acids is 1. The van der Waals surface area contributed by atoms with Crippen LogP contribution in [-0.2, 0) is 6.54 Å². The third kappa shape index (κ3) is 3.16. The second-order valence-corrected chi connectivity index (χ2v) is 4.05. The smallest absolute Gasteiger partial charge is 0.255 e. The van der Waals surface area contributed by atoms with Gasteiger partial charge in [0.2, 0.25) is 0 Å². The molecule has 2 aromatic carbocycles. The summed E-state index contributed by atoms with van der Waals surface area (Å²) < 4.78 is 0. The number of rotatable bonds is 3. The van der Waals surface area contributed by atoms with Gasteiger partial charge < -0.3 is 20.6 Å². The molecule has 5 nitrogen and oxygen atoms in total. The predicted molar refractivity (Wildman–Crippen MR) is 69.0 cm³/mol. The SMILES string of the molecule is O=C(NCc1cccc(O)c1)c1cc(O)ccc1O. The Kier molecular flexibility index (Phi) is 3.56. The van der Waals surface area contributed by atoms with E-state index in [4.69, 9.17) is 0 Å². The highest BCUT2D eigenvalue weighted by molar-refractivity contribution is 5.97. The average Bonchev–Trinajstić information content (AvgIpc) is 2.39. The number of hydrogen-bond acceptors (Lipinski definition) is 4. The summed E-state index contributed by atoms with van der Waals surface area (Å²) in [6.07, 6.45) is 0. The standard InChI is InChI=1S/C14H13NO4/c16-10-3-1-2-9(6-10)8-15-14(19)12-7-11(17)4-5-13(12)18/h1-7,16-18H,8H2,(H,15,19). The normalized spacial score (nSPS) is 10.1. The number of amides is 1. The number of benzene rings is 2. The minimum absolute atomic E-state index is 0.000142. The fourth-order valence-electron chi connectivity index (χ4n) is 1.65. The van der Waals surface area contributed by atoms with Crippen LogP contribution in [0.1, 0.15) is 15.9 Å². The van der Waals surface area contributed by atoms with E-state index in [-0.39, 0.29) is 29.4 Å². The Labute approximate surface area is 109 Å². The van der Waals surface area contributed by atoms with Crippen molar-refractivity contribution in [1.29, 1.82) is 0 Å². The lowest BCUT2D eigenvalue weighted by Crippen LogP contribution is -2.22. The number of hydrogen-bond donors (Lipinski definition) is 4. The summed E-state index contributed by atoms with van der Waals surface area (Å²) in [5.41, 5.74) is 0.730. The lowest BCUT2D eigenvalue weighted by molar-refractivity contribution is 0.0947. The van der Waals surface area contributed by atoms with Crippen LogP contribution in [0.3, 0.4) is 0 Å². The number of nitrogens with one attached hydrogen (secondary N) is 1. The second kappa shape index (κ2) is 5.30. The topological polar surface area (TPSA) is 89.8 Å². The molecule has 0 fully saturated rings. The van der Waals surface area contributed by atoms with E-state index in [1.807, 2.05) is 0 Å². The van der Waals surface area contributed by atoms with Crippen molar-refractivity contribution in [2.75, 3.05) is 0 Å². The number of aromatic hydroxyl groups is 3. The van der Waals surface area contributed by atoms with E-state index in [9.17, 15) is 20.1 Å². The Morgan fingerprint density at radius 2 is 1.74 bits per heavy atom. The summed E-state index contributed by atoms with van der Waals surface area (Å²) in [7, 11) is 0. The van der Waals surface area contributed by atoms with Gasteiger partial charge in [0.1, 0.15) is 17.2 Å². The molecule has 0 atom stereocenters. The molecule has 0 heterocycles. The van der Waals surface area contributed by atoms with Crippen molar-refractivity contribution in [2.45, 2.75) is 6.54 Å². The van der Waals surface area contributed by atoms with Crippen LogP contribution in [0.2, 0.25) is 0 Å². The van der Waals surface area contributed by atoms with Crippen LogP contribution < -0.4 is 5.32 Å². The van der Waals surface area contributed by atoms with Gasteiger partial charge in [-0.1, -0.05) is 12.1 Å². The summed E-state index contributed by atoms with van der Waals surface area (Å²) in [5, 5.41) is 30.7. The van der Waals surface area contributed by atoms with E-state index in [1.54, 1.807) is 12.1 Å². The van der Waals surface area contributed by atoms with Gasteiger partial charge in [-0.2, -0.15) is 0 Å². The third-order valence-corrected chi connectivity index (χ3v) is 2.59. The fourth-order valence-corrected chi connectivity index (χ4v) is 1.65. The van der Waals surface area contributed by atoms with Crippen LogP contribution in [0, 0.1) is 0 Å². The van der Waals surface area contributed by atoms with Crippen molar-refractivity contribution in [1.82, 2.24) is 5.32 Å². The van der Waals surface area contributed by atoms with Crippen LogP contribution in [0.15, 0.2) is 42.5 Å². The molecule has 19 heavy (non-hydrogen) atoms. The summed E-state index contributed by atoms with van der Waals surface area (Å²) in [4.78, 5) is 11.8. The first kappa shape index (κ1) is 12.8. The molecule has 2 aromatic rings. The molecule has 0 spiro atoms. The van der Waals surface area contributed by atoms with Crippen molar-refractivity contribution in [3.8, 4) is 17.2 Å². The van der Waals surface area contributed by atoms with Gasteiger partial charge in [-0.15, -0.1) is 0 Å². The van der Waals surface area contributed by atoms with Gasteiger partial charge >= 0.3 is 0 Å². The van der Waals surface area contributed by atoms with E-state index >= 15 is 0 Å². The Hall–Kier alpha value is -2.69. The fraction of sp³-hybridized carbons (Fsp3) is 0.0714. The molecule has 0 bridgehead atoms. The molecule has 98 valence electrons. The number of phenols is 3. The highest BCUT2D eigenvalue weighted by Gasteiger charge is 2.11. The zero-order chi connectivity index (χ0) is 13.8. The maximum absolute atomic E-state index is 11.8. The molecular formula is C14H13NO4. The monoisotopic (exact) mass is 259 g/mol. The first-order valence-electron chi connectivity index (χ1n) is 5.64. The predicted octanol–water partition coefficient (Wildman–Crippen LogP) is 1.73. The molecule has 4 N–H and O–H groups in total. The Morgan fingerprint density at radius 3 is 2.47 bits per heavy atom. The van der Waals surface area contributed by atoms with Crippen molar-refractivity contribution in [3.63, 3.8) is 0 Å². The highest BCUT2D eigenvalue weighted by Crippen LogP contribution is 2.22. The van der Waals surface area contributed by atoms with Crippen molar-refractivity contribution >= 4 is 5.91 Å². The molecule has 0 aromatic heterocycles. The van der Waals surface area contributed by atoms with Gasteiger partial charge in [0.25, 0.3) is 5.91 Å². The Bertz CT molecular complexity index is 610. The highest BCUT2D eigenvalue weighted by atomic mass is 16.3. The summed E-state index contributed by atoms with van der Waals surface area (Å²) in [6.45, 7) is 0.211. The molecule has 2 rings (SSSR count). The molecule has 0 aliphatic carbocycles. The third-order valence-electron chi connectivity index (χ3n) is 2.59. The lowest BCUT2D eigenvalue weighted by Gasteiger charge is -2.07. The van der Waals surface area contributed by atoms with E-state index in [0.29, 0.717) is 0 Å². The second-order valence-electron chi connectivity index (χ2n) is 4.05. The van der Waals surface area contributed by atoms with Gasteiger partial charge in [-0.05, 0) is 35.9 Å². The molecule has 0 aliphatic heterocycles. The summed E-state index contributed by atoms with van der Waals surface area (Å²) >= 11 is 0. The van der Waals surface area contributed by atoms with Gasteiger partial charge in [0.15, 0.2) is 0 Å². The van der Waals surface area contributed by atoms with Gasteiger partial charge in [-0.25, -0.2) is 0 Å². The number of phenolic OH excluding ortho intramolecular Hbond substituents is 3. The summed E-state index contributed by atoms with van der Waals surface area (Å²) in [5.74, 6) is -0.685. The van der Waals surface area contributed by atoms with Crippen molar-refractivity contribution in [3.05, 3.63) is 53.6 Å². The maximum Gasteiger partial charge on any atom is 0.255 e. The molecule has 0 saturated carbocycles. The average molecular weight is 259 g/mol. The van der Waals surface area contributed by atoms with Crippen molar-refractivity contribution < 1.29 is 20.1 Å². The minimum Gasteiger partial charge on any atom is -0.508 e. The molecular weight excluding hydrogens is 246 g/mol. The molecule has 0 unspecified atom stereocenters.